The maximum atomic E-state index is 11.4. The quantitative estimate of drug-likeness (QED) is 0.597. The number of carbonyl (C=O) groups excluding carboxylic acids is 1. The van der Waals surface area contributed by atoms with Gasteiger partial charge < -0.3 is 9.15 Å². The molecule has 0 unspecified atom stereocenters. The smallest absolute Gasteiger partial charge is 0.307 e. The largest absolute Gasteiger partial charge is 0.460 e. The molecule has 0 amide bonds. The molecule has 0 fully saturated rings. The van der Waals surface area contributed by atoms with Gasteiger partial charge in [0.05, 0.1) is 6.42 Å². The van der Waals surface area contributed by atoms with Gasteiger partial charge in [-0.2, -0.15) is 0 Å². The maximum Gasteiger partial charge on any atom is 0.307 e. The Kier molecular flexibility index (Phi) is 4.35. The van der Waals surface area contributed by atoms with Crippen molar-refractivity contribution in [3.8, 4) is 0 Å². The topological polar surface area (TPSA) is 65.2 Å². The van der Waals surface area contributed by atoms with Gasteiger partial charge in [-0.15, -0.1) is 10.2 Å². The molecule has 0 saturated heterocycles. The van der Waals surface area contributed by atoms with E-state index in [1.165, 1.54) is 11.8 Å². The van der Waals surface area contributed by atoms with E-state index < -0.39 is 5.60 Å². The highest BCUT2D eigenvalue weighted by atomic mass is 32.2. The molecular weight excluding hydrogens is 228 g/mol. The third-order valence-electron chi connectivity index (χ3n) is 1.46. The molecule has 0 saturated carbocycles. The molecule has 0 atom stereocenters. The maximum absolute atomic E-state index is 11.4. The zero-order valence-corrected chi connectivity index (χ0v) is 10.8. The highest BCUT2D eigenvalue weighted by Gasteiger charge is 2.16. The van der Waals surface area contributed by atoms with Crippen LogP contribution in [0.1, 0.15) is 33.1 Å². The summed E-state index contributed by atoms with van der Waals surface area (Å²) in [7, 11) is 0. The van der Waals surface area contributed by atoms with E-state index in [1.54, 1.807) is 6.92 Å². The Balaban J connectivity index is 2.23. The summed E-state index contributed by atoms with van der Waals surface area (Å²) in [4.78, 5) is 11.4. The number of ether oxygens (including phenoxy) is 1. The number of aromatic nitrogens is 2. The number of hydrogen-bond donors (Lipinski definition) is 0. The molecule has 0 bridgehead atoms. The number of aryl methyl sites for hydroxylation is 1. The number of hydrogen-bond acceptors (Lipinski definition) is 6. The highest BCUT2D eigenvalue weighted by Crippen LogP contribution is 2.17. The first-order chi connectivity index (χ1) is 7.37. The molecule has 0 aliphatic heterocycles. The molecule has 0 aliphatic carbocycles. The first-order valence-electron chi connectivity index (χ1n) is 5.01. The molecule has 0 spiro atoms. The van der Waals surface area contributed by atoms with Crippen LogP contribution in [0.3, 0.4) is 0 Å². The Morgan fingerprint density at radius 1 is 1.44 bits per heavy atom. The molecule has 1 aromatic heterocycles. The minimum atomic E-state index is -0.428. The van der Waals surface area contributed by atoms with E-state index in [-0.39, 0.29) is 5.97 Å². The number of carbonyl (C=O) groups is 1. The van der Waals surface area contributed by atoms with Crippen molar-refractivity contribution in [2.45, 2.75) is 44.9 Å². The van der Waals surface area contributed by atoms with Crippen molar-refractivity contribution in [3.05, 3.63) is 5.89 Å². The molecule has 0 aliphatic rings. The Labute approximate surface area is 99.0 Å². The fourth-order valence-electron chi connectivity index (χ4n) is 0.951. The van der Waals surface area contributed by atoms with Gasteiger partial charge in [0.15, 0.2) is 0 Å². The van der Waals surface area contributed by atoms with Crippen molar-refractivity contribution in [2.24, 2.45) is 0 Å². The summed E-state index contributed by atoms with van der Waals surface area (Å²) in [6, 6.07) is 0. The van der Waals surface area contributed by atoms with Gasteiger partial charge in [-0.3, -0.25) is 4.79 Å². The number of esters is 1. The van der Waals surface area contributed by atoms with Crippen molar-refractivity contribution in [3.63, 3.8) is 0 Å². The number of nitrogens with zero attached hydrogens (tertiary/aromatic N) is 2. The average molecular weight is 244 g/mol. The SMILES string of the molecule is Cc1nnc(SCCC(=O)OC(C)(C)C)o1. The predicted octanol–water partition coefficient (Wildman–Crippen LogP) is 2.20. The van der Waals surface area contributed by atoms with Crippen molar-refractivity contribution in [1.82, 2.24) is 10.2 Å². The van der Waals surface area contributed by atoms with Crippen molar-refractivity contribution >= 4 is 17.7 Å². The minimum absolute atomic E-state index is 0.212. The summed E-state index contributed by atoms with van der Waals surface area (Å²) in [5.74, 6) is 0.896. The lowest BCUT2D eigenvalue weighted by Crippen LogP contribution is -2.23. The van der Waals surface area contributed by atoms with Gasteiger partial charge in [0.25, 0.3) is 5.22 Å². The minimum Gasteiger partial charge on any atom is -0.460 e. The summed E-state index contributed by atoms with van der Waals surface area (Å²) < 4.78 is 10.3. The van der Waals surface area contributed by atoms with Gasteiger partial charge in [-0.25, -0.2) is 0 Å². The molecule has 1 rings (SSSR count). The number of rotatable bonds is 4. The average Bonchev–Trinajstić information content (AvgIpc) is 2.48. The van der Waals surface area contributed by atoms with Gasteiger partial charge in [-0.1, -0.05) is 11.8 Å². The molecule has 16 heavy (non-hydrogen) atoms. The van der Waals surface area contributed by atoms with E-state index in [9.17, 15) is 4.79 Å². The van der Waals surface area contributed by atoms with Gasteiger partial charge in [-0.05, 0) is 20.8 Å². The second-order valence-corrected chi connectivity index (χ2v) is 5.32. The van der Waals surface area contributed by atoms with E-state index in [0.29, 0.717) is 23.3 Å². The monoisotopic (exact) mass is 244 g/mol. The molecule has 6 heteroatoms. The van der Waals surface area contributed by atoms with E-state index in [2.05, 4.69) is 10.2 Å². The van der Waals surface area contributed by atoms with Crippen LogP contribution in [0.15, 0.2) is 9.64 Å². The lowest BCUT2D eigenvalue weighted by atomic mass is 10.2. The van der Waals surface area contributed by atoms with Gasteiger partial charge in [0.1, 0.15) is 5.60 Å². The fraction of sp³-hybridized carbons (Fsp3) is 0.700. The Hall–Kier alpha value is -1.04. The van der Waals surface area contributed by atoms with Crippen LogP contribution in [0.4, 0.5) is 0 Å². The molecule has 1 heterocycles. The molecule has 1 aromatic rings. The van der Waals surface area contributed by atoms with E-state index in [1.807, 2.05) is 20.8 Å². The van der Waals surface area contributed by atoms with Gasteiger partial charge in [0, 0.05) is 12.7 Å². The summed E-state index contributed by atoms with van der Waals surface area (Å²) in [6.07, 6.45) is 0.337. The third-order valence-corrected chi connectivity index (χ3v) is 2.28. The van der Waals surface area contributed by atoms with Crippen LogP contribution in [-0.4, -0.2) is 27.5 Å². The van der Waals surface area contributed by atoms with Crippen molar-refractivity contribution in [2.75, 3.05) is 5.75 Å². The van der Waals surface area contributed by atoms with Crippen LogP contribution in [0, 0.1) is 6.92 Å². The molecule has 0 aromatic carbocycles. The normalized spacial score (nSPS) is 11.5. The van der Waals surface area contributed by atoms with Crippen LogP contribution in [-0.2, 0) is 9.53 Å². The molecule has 0 N–H and O–H groups in total. The van der Waals surface area contributed by atoms with E-state index >= 15 is 0 Å². The second-order valence-electron chi connectivity index (χ2n) is 4.27. The van der Waals surface area contributed by atoms with E-state index in [4.69, 9.17) is 9.15 Å². The van der Waals surface area contributed by atoms with Crippen LogP contribution in [0.5, 0.6) is 0 Å². The molecule has 90 valence electrons. The summed E-state index contributed by atoms with van der Waals surface area (Å²) in [5.41, 5.74) is -0.428. The summed E-state index contributed by atoms with van der Waals surface area (Å²) >= 11 is 1.35. The van der Waals surface area contributed by atoms with Crippen LogP contribution >= 0.6 is 11.8 Å². The van der Waals surface area contributed by atoms with Crippen LogP contribution in [0.2, 0.25) is 0 Å². The highest BCUT2D eigenvalue weighted by molar-refractivity contribution is 7.99. The molecular formula is C10H16N2O3S. The van der Waals surface area contributed by atoms with Crippen LogP contribution < -0.4 is 0 Å². The predicted molar refractivity (Wildman–Crippen MR) is 60.2 cm³/mol. The van der Waals surface area contributed by atoms with Gasteiger partial charge in [0.2, 0.25) is 5.89 Å². The van der Waals surface area contributed by atoms with Crippen molar-refractivity contribution in [1.29, 1.82) is 0 Å². The Bertz CT molecular complexity index is 357. The van der Waals surface area contributed by atoms with Crippen molar-refractivity contribution < 1.29 is 13.9 Å². The summed E-state index contributed by atoms with van der Waals surface area (Å²) in [5, 5.41) is 7.99. The third kappa shape index (κ3) is 5.16. The molecule has 0 radical (unpaired) electrons. The Morgan fingerprint density at radius 3 is 2.62 bits per heavy atom. The second kappa shape index (κ2) is 5.34. The van der Waals surface area contributed by atoms with E-state index in [0.717, 1.165) is 0 Å². The zero-order chi connectivity index (χ0) is 12.2. The molecule has 5 nitrogen and oxygen atoms in total. The first-order valence-corrected chi connectivity index (χ1v) is 6.00. The fourth-order valence-corrected chi connectivity index (χ4v) is 1.67. The van der Waals surface area contributed by atoms with Gasteiger partial charge >= 0.3 is 5.97 Å². The lowest BCUT2D eigenvalue weighted by Gasteiger charge is -2.19. The number of thioether (sulfide) groups is 1. The standard InChI is InChI=1S/C10H16N2O3S/c1-7-11-12-9(14-7)16-6-5-8(13)15-10(2,3)4/h5-6H2,1-4H3. The zero-order valence-electron chi connectivity index (χ0n) is 9.94. The summed E-state index contributed by atoms with van der Waals surface area (Å²) in [6.45, 7) is 7.27. The Morgan fingerprint density at radius 2 is 2.12 bits per heavy atom. The first kappa shape index (κ1) is 13.0. The lowest BCUT2D eigenvalue weighted by molar-refractivity contribution is -0.154. The van der Waals surface area contributed by atoms with Crippen LogP contribution in [0.25, 0.3) is 0 Å².